The van der Waals surface area contributed by atoms with Crippen molar-refractivity contribution in [3.8, 4) is 0 Å². The van der Waals surface area contributed by atoms with Gasteiger partial charge in [0.2, 0.25) is 5.91 Å². The smallest absolute Gasteiger partial charge is 0.224 e. The second kappa shape index (κ2) is 8.78. The largest absolute Gasteiger partial charge is 0.363 e. The number of carbonyl (C=O) groups excluding carboxylic acids is 1. The maximum atomic E-state index is 12.4. The van der Waals surface area contributed by atoms with Crippen LogP contribution in [0.1, 0.15) is 44.1 Å². The lowest BCUT2D eigenvalue weighted by Crippen LogP contribution is -2.50. The Hall–Kier alpha value is -1.66. The van der Waals surface area contributed by atoms with E-state index >= 15 is 0 Å². The van der Waals surface area contributed by atoms with Gasteiger partial charge in [-0.2, -0.15) is 0 Å². The van der Waals surface area contributed by atoms with Crippen LogP contribution in [0.5, 0.6) is 0 Å². The third kappa shape index (κ3) is 5.03. The maximum absolute atomic E-state index is 12.4. The quantitative estimate of drug-likeness (QED) is 0.813. The lowest BCUT2D eigenvalue weighted by Gasteiger charge is -2.42. The summed E-state index contributed by atoms with van der Waals surface area (Å²) in [7, 11) is 4.04. The summed E-state index contributed by atoms with van der Waals surface area (Å²) in [6.45, 7) is 5.37. The van der Waals surface area contributed by atoms with Gasteiger partial charge in [-0.3, -0.25) is 14.6 Å². The minimum atomic E-state index is 0.202. The van der Waals surface area contributed by atoms with Crippen molar-refractivity contribution < 1.29 is 4.79 Å². The van der Waals surface area contributed by atoms with Gasteiger partial charge in [0.1, 0.15) is 5.82 Å². The Morgan fingerprint density at radius 2 is 1.93 bits per heavy atom. The van der Waals surface area contributed by atoms with E-state index in [1.54, 1.807) is 0 Å². The SMILES string of the molecule is CN(C)c1ccc(CN2CCC(N3CCCC(C(=O)NC4CC4)C3)CC2)cn1. The van der Waals surface area contributed by atoms with Gasteiger partial charge in [0.05, 0.1) is 5.92 Å². The number of hydrogen-bond acceptors (Lipinski definition) is 5. The van der Waals surface area contributed by atoms with Crippen molar-refractivity contribution >= 4 is 11.7 Å². The molecule has 4 rings (SSSR count). The highest BCUT2D eigenvalue weighted by Gasteiger charge is 2.33. The van der Waals surface area contributed by atoms with Gasteiger partial charge in [0.15, 0.2) is 0 Å². The molecule has 1 atom stereocenters. The lowest BCUT2D eigenvalue weighted by atomic mass is 9.93. The molecular formula is C22H35N5O. The molecule has 1 unspecified atom stereocenters. The average molecular weight is 386 g/mol. The van der Waals surface area contributed by atoms with Gasteiger partial charge >= 0.3 is 0 Å². The van der Waals surface area contributed by atoms with Crippen LogP contribution in [0.15, 0.2) is 18.3 Å². The predicted molar refractivity (Wildman–Crippen MR) is 112 cm³/mol. The normalized spacial score (nSPS) is 24.9. The van der Waals surface area contributed by atoms with E-state index in [4.69, 9.17) is 0 Å². The van der Waals surface area contributed by atoms with Crippen molar-refractivity contribution in [1.82, 2.24) is 20.1 Å². The summed E-state index contributed by atoms with van der Waals surface area (Å²) in [5.41, 5.74) is 1.29. The van der Waals surface area contributed by atoms with E-state index in [1.807, 2.05) is 25.2 Å². The summed E-state index contributed by atoms with van der Waals surface area (Å²) < 4.78 is 0. The lowest BCUT2D eigenvalue weighted by molar-refractivity contribution is -0.127. The molecule has 154 valence electrons. The first-order chi connectivity index (χ1) is 13.6. The van der Waals surface area contributed by atoms with Crippen LogP contribution in [0.3, 0.4) is 0 Å². The number of pyridine rings is 1. The second-order valence-electron chi connectivity index (χ2n) is 9.04. The van der Waals surface area contributed by atoms with Crippen LogP contribution in [0.2, 0.25) is 0 Å². The highest BCUT2D eigenvalue weighted by molar-refractivity contribution is 5.79. The molecule has 1 amide bonds. The molecule has 1 saturated carbocycles. The van der Waals surface area contributed by atoms with E-state index in [0.29, 0.717) is 18.0 Å². The van der Waals surface area contributed by atoms with Crippen LogP contribution in [0.4, 0.5) is 5.82 Å². The monoisotopic (exact) mass is 385 g/mol. The van der Waals surface area contributed by atoms with Gasteiger partial charge in [-0.15, -0.1) is 0 Å². The Labute approximate surface area is 169 Å². The number of carbonyl (C=O) groups is 1. The summed E-state index contributed by atoms with van der Waals surface area (Å²) in [5, 5.41) is 3.21. The first-order valence-corrected chi connectivity index (χ1v) is 11.0. The number of amides is 1. The number of piperidine rings is 2. The summed E-state index contributed by atoms with van der Waals surface area (Å²) in [6.07, 6.45) is 8.99. The van der Waals surface area contributed by atoms with Crippen LogP contribution >= 0.6 is 0 Å². The molecule has 2 aliphatic heterocycles. The third-order valence-electron chi connectivity index (χ3n) is 6.49. The summed E-state index contributed by atoms with van der Waals surface area (Å²) in [4.78, 5) is 24.2. The molecule has 1 aromatic heterocycles. The van der Waals surface area contributed by atoms with Crippen molar-refractivity contribution in [1.29, 1.82) is 0 Å². The van der Waals surface area contributed by atoms with Gasteiger partial charge in [-0.1, -0.05) is 6.07 Å². The molecule has 1 aromatic rings. The number of anilines is 1. The fraction of sp³-hybridized carbons (Fsp3) is 0.727. The zero-order valence-corrected chi connectivity index (χ0v) is 17.4. The first-order valence-electron chi connectivity index (χ1n) is 11.0. The van der Waals surface area contributed by atoms with Gasteiger partial charge in [-0.05, 0) is 69.8 Å². The van der Waals surface area contributed by atoms with Crippen molar-refractivity contribution in [2.75, 3.05) is 45.2 Å². The van der Waals surface area contributed by atoms with Crippen LogP contribution in [-0.4, -0.2) is 73.0 Å². The van der Waals surface area contributed by atoms with Crippen LogP contribution in [0.25, 0.3) is 0 Å². The minimum absolute atomic E-state index is 0.202. The molecule has 3 aliphatic rings. The number of likely N-dealkylation sites (tertiary alicyclic amines) is 2. The fourth-order valence-corrected chi connectivity index (χ4v) is 4.57. The zero-order valence-electron chi connectivity index (χ0n) is 17.4. The molecule has 1 aliphatic carbocycles. The van der Waals surface area contributed by atoms with E-state index in [9.17, 15) is 4.79 Å². The maximum Gasteiger partial charge on any atom is 0.224 e. The van der Waals surface area contributed by atoms with E-state index in [0.717, 1.165) is 51.4 Å². The Balaban J connectivity index is 1.23. The first kappa shape index (κ1) is 19.6. The van der Waals surface area contributed by atoms with E-state index in [2.05, 4.69) is 32.2 Å². The second-order valence-corrected chi connectivity index (χ2v) is 9.04. The zero-order chi connectivity index (χ0) is 19.5. The minimum Gasteiger partial charge on any atom is -0.363 e. The third-order valence-corrected chi connectivity index (χ3v) is 6.49. The molecule has 3 fully saturated rings. The highest BCUT2D eigenvalue weighted by Crippen LogP contribution is 2.26. The number of aromatic nitrogens is 1. The van der Waals surface area contributed by atoms with Crippen LogP contribution in [-0.2, 0) is 11.3 Å². The Morgan fingerprint density at radius 3 is 2.57 bits per heavy atom. The number of hydrogen-bond donors (Lipinski definition) is 1. The Morgan fingerprint density at radius 1 is 1.14 bits per heavy atom. The van der Waals surface area contributed by atoms with Gasteiger partial charge in [0, 0.05) is 45.5 Å². The summed E-state index contributed by atoms with van der Waals surface area (Å²) in [6, 6.07) is 5.42. The molecule has 6 heteroatoms. The topological polar surface area (TPSA) is 51.7 Å². The van der Waals surface area contributed by atoms with Crippen LogP contribution in [0, 0.1) is 5.92 Å². The van der Waals surface area contributed by atoms with Gasteiger partial charge < -0.3 is 10.2 Å². The summed E-state index contributed by atoms with van der Waals surface area (Å²) in [5.74, 6) is 1.51. The van der Waals surface area contributed by atoms with Gasteiger partial charge in [-0.25, -0.2) is 4.98 Å². The molecule has 0 spiro atoms. The molecule has 1 N–H and O–H groups in total. The molecule has 28 heavy (non-hydrogen) atoms. The van der Waals surface area contributed by atoms with Crippen molar-refractivity contribution in [3.63, 3.8) is 0 Å². The number of rotatable bonds is 6. The van der Waals surface area contributed by atoms with Gasteiger partial charge in [0.25, 0.3) is 0 Å². The highest BCUT2D eigenvalue weighted by atomic mass is 16.2. The number of nitrogens with zero attached hydrogens (tertiary/aromatic N) is 4. The standard InChI is InChI=1S/C22H35N5O/c1-25(2)21-8-5-17(14-23-21)15-26-12-9-20(10-13-26)27-11-3-4-18(16-27)22(28)24-19-6-7-19/h5,8,14,18-20H,3-4,6-7,9-13,15-16H2,1-2H3,(H,24,28). The molecule has 3 heterocycles. The molecule has 2 saturated heterocycles. The number of nitrogens with one attached hydrogen (secondary N) is 1. The van der Waals surface area contributed by atoms with Crippen molar-refractivity contribution in [2.24, 2.45) is 5.92 Å². The average Bonchev–Trinajstić information content (AvgIpc) is 3.53. The van der Waals surface area contributed by atoms with Crippen molar-refractivity contribution in [2.45, 2.75) is 57.2 Å². The van der Waals surface area contributed by atoms with E-state index in [-0.39, 0.29) is 5.92 Å². The summed E-state index contributed by atoms with van der Waals surface area (Å²) >= 11 is 0. The molecular weight excluding hydrogens is 350 g/mol. The van der Waals surface area contributed by atoms with E-state index in [1.165, 1.54) is 31.2 Å². The Kier molecular flexibility index (Phi) is 6.16. The Bertz CT molecular complexity index is 649. The van der Waals surface area contributed by atoms with Crippen molar-refractivity contribution in [3.05, 3.63) is 23.9 Å². The van der Waals surface area contributed by atoms with Crippen LogP contribution < -0.4 is 10.2 Å². The predicted octanol–water partition coefficient (Wildman–Crippen LogP) is 2.10. The molecule has 6 nitrogen and oxygen atoms in total. The molecule has 0 radical (unpaired) electrons. The molecule has 0 aromatic carbocycles. The van der Waals surface area contributed by atoms with E-state index < -0.39 is 0 Å². The fourth-order valence-electron chi connectivity index (χ4n) is 4.57. The molecule has 0 bridgehead atoms.